The third kappa shape index (κ3) is 4.96. The molecule has 2 amide bonds. The fourth-order valence-electron chi connectivity index (χ4n) is 2.99. The van der Waals surface area contributed by atoms with Gasteiger partial charge in [-0.05, 0) is 52.4 Å². The molecule has 0 atom stereocenters. The Morgan fingerprint density at radius 2 is 1.96 bits per heavy atom. The van der Waals surface area contributed by atoms with Gasteiger partial charge in [0.2, 0.25) is 0 Å². The minimum atomic E-state index is -0.489. The van der Waals surface area contributed by atoms with Gasteiger partial charge in [-0.2, -0.15) is 0 Å². The highest BCUT2D eigenvalue weighted by atomic mass is 16.6. The molecule has 0 spiro atoms. The second-order valence-corrected chi connectivity index (χ2v) is 8.01. The molecule has 0 bridgehead atoms. The SMILES string of the molecule is CC(C)(C)OC(=O)NCC1CCN(C(=O)c2cc(C3CC3)on2)CC1. The van der Waals surface area contributed by atoms with Crippen LogP contribution in [0.4, 0.5) is 4.79 Å². The van der Waals surface area contributed by atoms with Crippen molar-refractivity contribution >= 4 is 12.0 Å². The van der Waals surface area contributed by atoms with Gasteiger partial charge < -0.3 is 19.5 Å². The monoisotopic (exact) mass is 349 g/mol. The molecule has 1 N–H and O–H groups in total. The van der Waals surface area contributed by atoms with Gasteiger partial charge in [0.15, 0.2) is 5.69 Å². The molecule has 0 unspecified atom stereocenters. The first-order valence-corrected chi connectivity index (χ1v) is 9.04. The van der Waals surface area contributed by atoms with Crippen molar-refractivity contribution < 1.29 is 18.8 Å². The number of hydrogen-bond donors (Lipinski definition) is 1. The summed E-state index contributed by atoms with van der Waals surface area (Å²) >= 11 is 0. The van der Waals surface area contributed by atoms with Gasteiger partial charge in [-0.15, -0.1) is 0 Å². The molecule has 2 fully saturated rings. The van der Waals surface area contributed by atoms with Crippen LogP contribution in [0.5, 0.6) is 0 Å². The molecular formula is C18H27N3O4. The number of likely N-dealkylation sites (tertiary alicyclic amines) is 1. The third-order valence-electron chi connectivity index (χ3n) is 4.56. The van der Waals surface area contributed by atoms with Gasteiger partial charge in [-0.3, -0.25) is 4.79 Å². The van der Waals surface area contributed by atoms with Crippen molar-refractivity contribution in [1.82, 2.24) is 15.4 Å². The quantitative estimate of drug-likeness (QED) is 0.903. The van der Waals surface area contributed by atoms with Crippen molar-refractivity contribution in [2.45, 2.75) is 58.0 Å². The summed E-state index contributed by atoms with van der Waals surface area (Å²) in [5, 5.41) is 6.74. The number of aromatic nitrogens is 1. The van der Waals surface area contributed by atoms with E-state index in [0.717, 1.165) is 31.4 Å². The Kier molecular flexibility index (Phi) is 5.01. The van der Waals surface area contributed by atoms with Gasteiger partial charge in [-0.25, -0.2) is 4.79 Å². The van der Waals surface area contributed by atoms with Gasteiger partial charge in [-0.1, -0.05) is 5.16 Å². The van der Waals surface area contributed by atoms with E-state index >= 15 is 0 Å². The van der Waals surface area contributed by atoms with Crippen LogP contribution >= 0.6 is 0 Å². The van der Waals surface area contributed by atoms with E-state index < -0.39 is 5.60 Å². The molecule has 2 aliphatic rings. The number of alkyl carbamates (subject to hydrolysis) is 1. The molecule has 2 heterocycles. The van der Waals surface area contributed by atoms with Crippen molar-refractivity contribution in [1.29, 1.82) is 0 Å². The molecule has 1 saturated carbocycles. The minimum absolute atomic E-state index is 0.0609. The first-order chi connectivity index (χ1) is 11.8. The maximum absolute atomic E-state index is 12.5. The lowest BCUT2D eigenvalue weighted by Gasteiger charge is -2.31. The number of carbonyl (C=O) groups is 2. The molecular weight excluding hydrogens is 322 g/mol. The lowest BCUT2D eigenvalue weighted by Crippen LogP contribution is -2.42. The van der Waals surface area contributed by atoms with Gasteiger partial charge >= 0.3 is 6.09 Å². The number of nitrogens with zero attached hydrogens (tertiary/aromatic N) is 2. The van der Waals surface area contributed by atoms with Crippen molar-refractivity contribution in [3.05, 3.63) is 17.5 Å². The van der Waals surface area contributed by atoms with Crippen LogP contribution in [0.1, 0.15) is 68.6 Å². The van der Waals surface area contributed by atoms with Crippen LogP contribution in [0.25, 0.3) is 0 Å². The number of nitrogens with one attached hydrogen (secondary N) is 1. The highest BCUT2D eigenvalue weighted by molar-refractivity contribution is 5.92. The summed E-state index contributed by atoms with van der Waals surface area (Å²) in [6, 6.07) is 1.79. The van der Waals surface area contributed by atoms with Crippen molar-refractivity contribution in [3.63, 3.8) is 0 Å². The van der Waals surface area contributed by atoms with E-state index in [1.807, 2.05) is 25.7 Å². The molecule has 1 aliphatic heterocycles. The van der Waals surface area contributed by atoms with Crippen molar-refractivity contribution in [3.8, 4) is 0 Å². The standard InChI is InChI=1S/C18H27N3O4/c1-18(2,3)24-17(23)19-11-12-6-8-21(9-7-12)16(22)14-10-15(25-20-14)13-4-5-13/h10,12-13H,4-9,11H2,1-3H3,(H,19,23). The van der Waals surface area contributed by atoms with Crippen LogP contribution in [0.3, 0.4) is 0 Å². The van der Waals surface area contributed by atoms with E-state index in [4.69, 9.17) is 9.26 Å². The minimum Gasteiger partial charge on any atom is -0.444 e. The predicted molar refractivity (Wildman–Crippen MR) is 91.3 cm³/mol. The first kappa shape index (κ1) is 17.8. The Labute approximate surface area is 148 Å². The van der Waals surface area contributed by atoms with Crippen LogP contribution in [-0.4, -0.2) is 47.3 Å². The van der Waals surface area contributed by atoms with E-state index in [2.05, 4.69) is 10.5 Å². The smallest absolute Gasteiger partial charge is 0.407 e. The topological polar surface area (TPSA) is 84.7 Å². The number of rotatable bonds is 4. The van der Waals surface area contributed by atoms with E-state index in [-0.39, 0.29) is 12.0 Å². The van der Waals surface area contributed by atoms with Crippen LogP contribution in [0.15, 0.2) is 10.6 Å². The molecule has 138 valence electrons. The number of hydrogen-bond acceptors (Lipinski definition) is 5. The number of piperidine rings is 1. The Morgan fingerprint density at radius 1 is 1.28 bits per heavy atom. The molecule has 3 rings (SSSR count). The zero-order chi connectivity index (χ0) is 18.0. The molecule has 0 aromatic carbocycles. The first-order valence-electron chi connectivity index (χ1n) is 9.04. The normalized spacial score (nSPS) is 18.9. The zero-order valence-corrected chi connectivity index (χ0v) is 15.2. The molecule has 1 aromatic rings. The van der Waals surface area contributed by atoms with E-state index in [0.29, 0.717) is 37.2 Å². The fraction of sp³-hybridized carbons (Fsp3) is 0.722. The number of ether oxygens (including phenoxy) is 1. The predicted octanol–water partition coefficient (Wildman–Crippen LogP) is 2.93. The average molecular weight is 349 g/mol. The summed E-state index contributed by atoms with van der Waals surface area (Å²) in [5.41, 5.74) is -0.0798. The van der Waals surface area contributed by atoms with E-state index in [1.165, 1.54) is 0 Å². The van der Waals surface area contributed by atoms with E-state index in [1.54, 1.807) is 6.07 Å². The van der Waals surface area contributed by atoms with Crippen LogP contribution in [0.2, 0.25) is 0 Å². The summed E-state index contributed by atoms with van der Waals surface area (Å²) in [4.78, 5) is 26.0. The lowest BCUT2D eigenvalue weighted by molar-refractivity contribution is 0.0499. The highest BCUT2D eigenvalue weighted by Crippen LogP contribution is 2.40. The number of amides is 2. The van der Waals surface area contributed by atoms with E-state index in [9.17, 15) is 9.59 Å². The molecule has 1 saturated heterocycles. The van der Waals surface area contributed by atoms with Crippen LogP contribution < -0.4 is 5.32 Å². The summed E-state index contributed by atoms with van der Waals surface area (Å²) in [6.07, 6.45) is 3.57. The summed E-state index contributed by atoms with van der Waals surface area (Å²) in [7, 11) is 0. The Hall–Kier alpha value is -2.05. The van der Waals surface area contributed by atoms with Crippen molar-refractivity contribution in [2.24, 2.45) is 5.92 Å². The average Bonchev–Trinajstić information content (AvgIpc) is 3.28. The summed E-state index contributed by atoms with van der Waals surface area (Å²) in [6.45, 7) is 7.45. The zero-order valence-electron chi connectivity index (χ0n) is 15.2. The van der Waals surface area contributed by atoms with Gasteiger partial charge in [0, 0.05) is 31.6 Å². The molecule has 1 aliphatic carbocycles. The Balaban J connectivity index is 1.42. The van der Waals surface area contributed by atoms with Crippen molar-refractivity contribution in [2.75, 3.05) is 19.6 Å². The molecule has 25 heavy (non-hydrogen) atoms. The van der Waals surface area contributed by atoms with Crippen LogP contribution in [-0.2, 0) is 4.74 Å². The molecule has 0 radical (unpaired) electrons. The van der Waals surface area contributed by atoms with Gasteiger partial charge in [0.25, 0.3) is 5.91 Å². The molecule has 7 heteroatoms. The third-order valence-corrected chi connectivity index (χ3v) is 4.56. The fourth-order valence-corrected chi connectivity index (χ4v) is 2.99. The maximum Gasteiger partial charge on any atom is 0.407 e. The number of carbonyl (C=O) groups excluding carboxylic acids is 2. The largest absolute Gasteiger partial charge is 0.444 e. The Morgan fingerprint density at radius 3 is 2.56 bits per heavy atom. The maximum atomic E-state index is 12.5. The van der Waals surface area contributed by atoms with Gasteiger partial charge in [0.05, 0.1) is 0 Å². The second kappa shape index (κ2) is 7.06. The molecule has 1 aromatic heterocycles. The summed E-state index contributed by atoms with van der Waals surface area (Å²) in [5.74, 6) is 1.59. The molecule has 7 nitrogen and oxygen atoms in total. The van der Waals surface area contributed by atoms with Gasteiger partial charge in [0.1, 0.15) is 11.4 Å². The lowest BCUT2D eigenvalue weighted by atomic mass is 9.96. The second-order valence-electron chi connectivity index (χ2n) is 8.01. The highest BCUT2D eigenvalue weighted by Gasteiger charge is 2.31. The van der Waals surface area contributed by atoms with Crippen LogP contribution in [0, 0.1) is 5.92 Å². The Bertz CT molecular complexity index is 623. The summed E-state index contributed by atoms with van der Waals surface area (Å²) < 4.78 is 10.5.